The summed E-state index contributed by atoms with van der Waals surface area (Å²) in [4.78, 5) is 12.5. The molecule has 0 bridgehead atoms. The van der Waals surface area contributed by atoms with E-state index in [4.69, 9.17) is 14.8 Å². The van der Waals surface area contributed by atoms with Crippen molar-refractivity contribution in [1.82, 2.24) is 19.7 Å². The third kappa shape index (κ3) is 3.50. The van der Waals surface area contributed by atoms with Gasteiger partial charge in [-0.2, -0.15) is 5.10 Å². The topological polar surface area (TPSA) is 76.3 Å². The standard InChI is InChI=1S/C21H21N5O2S/c1-14-3-2-4-15(11-14)16-5-6-26(24-16)18-12-17(25-7-9-28-10-8-25)20-21(22-18)29-19(13-27)23-20/h2-6,11-12,27H,7-10,13H2,1H3. The molecule has 0 unspecified atom stereocenters. The average molecular weight is 407 g/mol. The second kappa shape index (κ2) is 7.55. The summed E-state index contributed by atoms with van der Waals surface area (Å²) in [6, 6.07) is 12.3. The van der Waals surface area contributed by atoms with Crippen LogP contribution in [0.4, 0.5) is 5.69 Å². The van der Waals surface area contributed by atoms with Crippen LogP contribution >= 0.6 is 11.3 Å². The van der Waals surface area contributed by atoms with Gasteiger partial charge in [0, 0.05) is 30.9 Å². The molecule has 4 heterocycles. The molecule has 8 heteroatoms. The number of aliphatic hydroxyl groups excluding tert-OH is 1. The lowest BCUT2D eigenvalue weighted by molar-refractivity contribution is 0.123. The summed E-state index contributed by atoms with van der Waals surface area (Å²) in [6.07, 6.45) is 1.93. The summed E-state index contributed by atoms with van der Waals surface area (Å²) < 4.78 is 7.31. The zero-order valence-corrected chi connectivity index (χ0v) is 16.9. The number of pyridine rings is 1. The van der Waals surface area contributed by atoms with E-state index < -0.39 is 0 Å². The third-order valence-electron chi connectivity index (χ3n) is 5.00. The van der Waals surface area contributed by atoms with E-state index >= 15 is 0 Å². The van der Waals surface area contributed by atoms with Crippen molar-refractivity contribution in [3.05, 3.63) is 53.2 Å². The molecule has 0 radical (unpaired) electrons. The van der Waals surface area contributed by atoms with Crippen molar-refractivity contribution >= 4 is 27.4 Å². The quantitative estimate of drug-likeness (QED) is 0.560. The van der Waals surface area contributed by atoms with Gasteiger partial charge in [0.15, 0.2) is 5.82 Å². The Balaban J connectivity index is 1.60. The molecule has 3 aromatic heterocycles. The molecular formula is C21H21N5O2S. The molecule has 1 aliphatic heterocycles. The second-order valence-corrected chi connectivity index (χ2v) is 8.10. The molecule has 1 aromatic carbocycles. The summed E-state index contributed by atoms with van der Waals surface area (Å²) in [7, 11) is 0. The predicted molar refractivity (Wildman–Crippen MR) is 114 cm³/mol. The van der Waals surface area contributed by atoms with Crippen molar-refractivity contribution in [3.8, 4) is 17.1 Å². The summed E-state index contributed by atoms with van der Waals surface area (Å²) in [5.41, 5.74) is 5.03. The Hall–Kier alpha value is -2.81. The van der Waals surface area contributed by atoms with E-state index in [1.54, 1.807) is 4.68 Å². The van der Waals surface area contributed by atoms with Gasteiger partial charge in [0.1, 0.15) is 15.4 Å². The zero-order chi connectivity index (χ0) is 19.8. The van der Waals surface area contributed by atoms with Crippen molar-refractivity contribution in [2.75, 3.05) is 31.2 Å². The number of hydrogen-bond donors (Lipinski definition) is 1. The number of nitrogens with zero attached hydrogens (tertiary/aromatic N) is 5. The molecule has 0 amide bonds. The van der Waals surface area contributed by atoms with Crippen LogP contribution in [-0.2, 0) is 11.3 Å². The van der Waals surface area contributed by atoms with Crippen molar-refractivity contribution < 1.29 is 9.84 Å². The Morgan fingerprint density at radius 2 is 2.00 bits per heavy atom. The smallest absolute Gasteiger partial charge is 0.157 e. The normalized spacial score (nSPS) is 14.6. The Labute approximate surface area is 172 Å². The highest BCUT2D eigenvalue weighted by Crippen LogP contribution is 2.32. The van der Waals surface area contributed by atoms with Crippen molar-refractivity contribution in [2.24, 2.45) is 0 Å². The summed E-state index contributed by atoms with van der Waals surface area (Å²) in [5.74, 6) is 0.742. The molecule has 0 atom stereocenters. The molecule has 1 aliphatic rings. The number of aliphatic hydroxyl groups is 1. The summed E-state index contributed by atoms with van der Waals surface area (Å²) in [6.45, 7) is 4.98. The molecule has 7 nitrogen and oxygen atoms in total. The van der Waals surface area contributed by atoms with E-state index in [2.05, 4.69) is 35.0 Å². The highest BCUT2D eigenvalue weighted by atomic mass is 32.1. The maximum atomic E-state index is 9.55. The summed E-state index contributed by atoms with van der Waals surface area (Å²) >= 11 is 1.42. The monoisotopic (exact) mass is 407 g/mol. The van der Waals surface area contributed by atoms with Gasteiger partial charge in [0.2, 0.25) is 0 Å². The van der Waals surface area contributed by atoms with Crippen molar-refractivity contribution in [1.29, 1.82) is 0 Å². The van der Waals surface area contributed by atoms with Gasteiger partial charge < -0.3 is 14.7 Å². The van der Waals surface area contributed by atoms with Crippen molar-refractivity contribution in [2.45, 2.75) is 13.5 Å². The van der Waals surface area contributed by atoms with Crippen LogP contribution in [0.25, 0.3) is 27.4 Å². The fourth-order valence-electron chi connectivity index (χ4n) is 3.57. The Morgan fingerprint density at radius 1 is 1.14 bits per heavy atom. The first-order valence-electron chi connectivity index (χ1n) is 9.58. The van der Waals surface area contributed by atoms with Gasteiger partial charge in [-0.15, -0.1) is 0 Å². The molecule has 0 spiro atoms. The van der Waals surface area contributed by atoms with E-state index in [1.807, 2.05) is 24.4 Å². The number of morpholine rings is 1. The largest absolute Gasteiger partial charge is 0.389 e. The average Bonchev–Trinajstić information content (AvgIpc) is 3.41. The lowest BCUT2D eigenvalue weighted by Crippen LogP contribution is -2.36. The predicted octanol–water partition coefficient (Wildman–Crippen LogP) is 3.18. The molecule has 1 saturated heterocycles. The number of rotatable bonds is 4. The number of thiazole rings is 1. The first-order valence-corrected chi connectivity index (χ1v) is 10.4. The van der Waals surface area contributed by atoms with Gasteiger partial charge in [-0.05, 0) is 19.1 Å². The second-order valence-electron chi connectivity index (χ2n) is 7.03. The van der Waals surface area contributed by atoms with E-state index in [0.717, 1.165) is 46.2 Å². The van der Waals surface area contributed by atoms with Gasteiger partial charge >= 0.3 is 0 Å². The molecule has 1 fully saturated rings. The highest BCUT2D eigenvalue weighted by Gasteiger charge is 2.20. The highest BCUT2D eigenvalue weighted by molar-refractivity contribution is 7.18. The number of aryl methyl sites for hydroxylation is 1. The molecule has 0 aliphatic carbocycles. The van der Waals surface area contributed by atoms with Crippen LogP contribution in [-0.4, -0.2) is 51.2 Å². The maximum Gasteiger partial charge on any atom is 0.157 e. The number of ether oxygens (including phenoxy) is 1. The minimum atomic E-state index is -0.0851. The van der Waals surface area contributed by atoms with Gasteiger partial charge in [-0.3, -0.25) is 0 Å². The van der Waals surface area contributed by atoms with Crippen LogP contribution in [0.1, 0.15) is 10.6 Å². The number of anilines is 1. The first-order chi connectivity index (χ1) is 14.2. The fourth-order valence-corrected chi connectivity index (χ4v) is 4.38. The Morgan fingerprint density at radius 3 is 2.79 bits per heavy atom. The lowest BCUT2D eigenvalue weighted by Gasteiger charge is -2.29. The molecular weight excluding hydrogens is 386 g/mol. The first kappa shape index (κ1) is 18.2. The zero-order valence-electron chi connectivity index (χ0n) is 16.1. The van der Waals surface area contributed by atoms with Crippen LogP contribution in [0.5, 0.6) is 0 Å². The maximum absolute atomic E-state index is 9.55. The van der Waals surface area contributed by atoms with Crippen LogP contribution < -0.4 is 4.90 Å². The molecule has 5 rings (SSSR count). The number of fused-ring (bicyclic) bond motifs is 1. The number of benzene rings is 1. The van der Waals surface area contributed by atoms with E-state index in [-0.39, 0.29) is 6.61 Å². The summed E-state index contributed by atoms with van der Waals surface area (Å²) in [5, 5.41) is 15.0. The van der Waals surface area contributed by atoms with Crippen LogP contribution in [0.15, 0.2) is 42.6 Å². The van der Waals surface area contributed by atoms with Crippen LogP contribution in [0.3, 0.4) is 0 Å². The van der Waals surface area contributed by atoms with Gasteiger partial charge in [-0.1, -0.05) is 35.1 Å². The Kier molecular flexibility index (Phi) is 4.75. The minimum Gasteiger partial charge on any atom is -0.389 e. The number of hydrogen-bond acceptors (Lipinski definition) is 7. The van der Waals surface area contributed by atoms with Crippen LogP contribution in [0.2, 0.25) is 0 Å². The van der Waals surface area contributed by atoms with Crippen LogP contribution in [0, 0.1) is 6.92 Å². The number of aromatic nitrogens is 4. The molecule has 29 heavy (non-hydrogen) atoms. The molecule has 4 aromatic rings. The fraction of sp³-hybridized carbons (Fsp3) is 0.286. The van der Waals surface area contributed by atoms with E-state index in [0.29, 0.717) is 18.2 Å². The van der Waals surface area contributed by atoms with Gasteiger partial charge in [-0.25, -0.2) is 14.6 Å². The minimum absolute atomic E-state index is 0.0851. The molecule has 0 saturated carbocycles. The SMILES string of the molecule is Cc1cccc(-c2ccn(-c3cc(N4CCOCC4)c4nc(CO)sc4n3)n2)c1. The third-order valence-corrected chi connectivity index (χ3v) is 5.94. The van der Waals surface area contributed by atoms with Gasteiger partial charge in [0.05, 0.1) is 31.2 Å². The molecule has 148 valence electrons. The van der Waals surface area contributed by atoms with Gasteiger partial charge in [0.25, 0.3) is 0 Å². The van der Waals surface area contributed by atoms with Crippen molar-refractivity contribution in [3.63, 3.8) is 0 Å². The molecule has 1 N–H and O–H groups in total. The lowest BCUT2D eigenvalue weighted by atomic mass is 10.1. The van der Waals surface area contributed by atoms with E-state index in [1.165, 1.54) is 16.9 Å². The Bertz CT molecular complexity index is 1160. The van der Waals surface area contributed by atoms with E-state index in [9.17, 15) is 5.11 Å².